The van der Waals surface area contributed by atoms with E-state index in [1.54, 1.807) is 12.1 Å². The number of hydrogen-bond acceptors (Lipinski definition) is 4. The van der Waals surface area contributed by atoms with E-state index in [-0.39, 0.29) is 30.8 Å². The molecular formula is C15H21FN2O3S. The third-order valence-electron chi connectivity index (χ3n) is 2.97. The molecule has 1 aromatic carbocycles. The summed E-state index contributed by atoms with van der Waals surface area (Å²) in [7, 11) is 0. The summed E-state index contributed by atoms with van der Waals surface area (Å²) in [6.45, 7) is 3.72. The highest BCUT2D eigenvalue weighted by Crippen LogP contribution is 2.19. The Labute approximate surface area is 133 Å². The normalized spacial score (nSPS) is 11.8. The lowest BCUT2D eigenvalue weighted by atomic mass is 10.2. The van der Waals surface area contributed by atoms with E-state index in [1.165, 1.54) is 35.7 Å². The van der Waals surface area contributed by atoms with E-state index < -0.39 is 6.04 Å². The molecule has 0 heterocycles. The first-order valence-electron chi connectivity index (χ1n) is 7.03. The van der Waals surface area contributed by atoms with Gasteiger partial charge in [0, 0.05) is 30.7 Å². The number of halogens is 1. The molecule has 0 saturated carbocycles. The lowest BCUT2D eigenvalue weighted by molar-refractivity contribution is -0.135. The lowest BCUT2D eigenvalue weighted by Gasteiger charge is -2.26. The molecule has 7 heteroatoms. The third kappa shape index (κ3) is 6.03. The number of carbonyl (C=O) groups excluding carboxylic acids is 2. The van der Waals surface area contributed by atoms with Crippen molar-refractivity contribution < 1.29 is 19.1 Å². The summed E-state index contributed by atoms with van der Waals surface area (Å²) in [5.41, 5.74) is 0. The summed E-state index contributed by atoms with van der Waals surface area (Å²) in [6, 6.07) is 5.27. The van der Waals surface area contributed by atoms with Crippen LogP contribution in [0.1, 0.15) is 13.8 Å². The fourth-order valence-corrected chi connectivity index (χ4v) is 2.81. The second kappa shape index (κ2) is 9.42. The van der Waals surface area contributed by atoms with Crippen molar-refractivity contribution in [2.24, 2.45) is 0 Å². The van der Waals surface area contributed by atoms with Gasteiger partial charge in [-0.3, -0.25) is 9.59 Å². The number of benzene rings is 1. The van der Waals surface area contributed by atoms with Gasteiger partial charge in [0.25, 0.3) is 0 Å². The van der Waals surface area contributed by atoms with Gasteiger partial charge in [0.15, 0.2) is 0 Å². The molecule has 2 N–H and O–H groups in total. The summed E-state index contributed by atoms with van der Waals surface area (Å²) in [5, 5.41) is 11.6. The topological polar surface area (TPSA) is 69.6 Å². The van der Waals surface area contributed by atoms with Gasteiger partial charge < -0.3 is 15.3 Å². The van der Waals surface area contributed by atoms with Crippen molar-refractivity contribution in [3.63, 3.8) is 0 Å². The van der Waals surface area contributed by atoms with Crippen molar-refractivity contribution in [2.45, 2.75) is 24.8 Å². The van der Waals surface area contributed by atoms with Crippen LogP contribution in [0.25, 0.3) is 0 Å². The van der Waals surface area contributed by atoms with E-state index in [0.717, 1.165) is 4.90 Å². The molecule has 1 rings (SSSR count). The van der Waals surface area contributed by atoms with Crippen molar-refractivity contribution in [2.75, 3.05) is 25.4 Å². The van der Waals surface area contributed by atoms with Gasteiger partial charge in [-0.05, 0) is 31.2 Å². The van der Waals surface area contributed by atoms with Crippen LogP contribution in [0, 0.1) is 5.82 Å². The lowest BCUT2D eigenvalue weighted by Crippen LogP contribution is -2.50. The van der Waals surface area contributed by atoms with E-state index in [1.807, 2.05) is 6.92 Å². The highest BCUT2D eigenvalue weighted by molar-refractivity contribution is 7.99. The molecule has 0 saturated heterocycles. The number of carbonyl (C=O) groups is 2. The molecule has 1 aromatic rings. The van der Waals surface area contributed by atoms with Crippen LogP contribution in [0.4, 0.5) is 4.39 Å². The predicted molar refractivity (Wildman–Crippen MR) is 84.1 cm³/mol. The molecule has 0 radical (unpaired) electrons. The average Bonchev–Trinajstić information content (AvgIpc) is 2.49. The van der Waals surface area contributed by atoms with Crippen LogP contribution in [0.15, 0.2) is 29.2 Å². The molecule has 0 spiro atoms. The van der Waals surface area contributed by atoms with Crippen LogP contribution in [0.3, 0.4) is 0 Å². The Kier molecular flexibility index (Phi) is 7.90. The minimum Gasteiger partial charge on any atom is -0.395 e. The molecule has 122 valence electrons. The average molecular weight is 328 g/mol. The number of thioether (sulfide) groups is 1. The molecule has 5 nitrogen and oxygen atoms in total. The molecule has 0 fully saturated rings. The number of amides is 2. The zero-order valence-corrected chi connectivity index (χ0v) is 13.5. The number of likely N-dealkylation sites (N-methyl/N-ethyl adjacent to an activating group) is 1. The summed E-state index contributed by atoms with van der Waals surface area (Å²) in [5.74, 6) is -0.509. The third-order valence-corrected chi connectivity index (χ3v) is 4.07. The van der Waals surface area contributed by atoms with Gasteiger partial charge in [-0.1, -0.05) is 0 Å². The Morgan fingerprint density at radius 3 is 2.50 bits per heavy atom. The van der Waals surface area contributed by atoms with E-state index >= 15 is 0 Å². The summed E-state index contributed by atoms with van der Waals surface area (Å²) in [6.07, 6.45) is 0. The molecule has 0 aromatic heterocycles. The standard InChI is InChI=1S/C15H21FN2O3S/c1-3-18(8-9-19)15(21)14(17-11(2)20)10-22-13-6-4-12(16)5-7-13/h4-7,14,19H,3,8-10H2,1-2H3,(H,17,20). The first-order valence-corrected chi connectivity index (χ1v) is 8.01. The first-order chi connectivity index (χ1) is 10.5. The van der Waals surface area contributed by atoms with Crippen LogP contribution in [0.5, 0.6) is 0 Å². The van der Waals surface area contributed by atoms with Crippen molar-refractivity contribution >= 4 is 23.6 Å². The molecule has 2 amide bonds. The van der Waals surface area contributed by atoms with Gasteiger partial charge >= 0.3 is 0 Å². The van der Waals surface area contributed by atoms with E-state index in [0.29, 0.717) is 12.3 Å². The van der Waals surface area contributed by atoms with Gasteiger partial charge in [0.05, 0.1) is 6.61 Å². The Morgan fingerprint density at radius 2 is 2.00 bits per heavy atom. The fraction of sp³-hybridized carbons (Fsp3) is 0.467. The number of aliphatic hydroxyl groups is 1. The van der Waals surface area contributed by atoms with Crippen LogP contribution >= 0.6 is 11.8 Å². The SMILES string of the molecule is CCN(CCO)C(=O)C(CSc1ccc(F)cc1)NC(C)=O. The van der Waals surface area contributed by atoms with Crippen molar-refractivity contribution in [3.8, 4) is 0 Å². The van der Waals surface area contributed by atoms with Crippen molar-refractivity contribution in [3.05, 3.63) is 30.1 Å². The summed E-state index contributed by atoms with van der Waals surface area (Å²) >= 11 is 1.36. The van der Waals surface area contributed by atoms with E-state index in [9.17, 15) is 14.0 Å². The van der Waals surface area contributed by atoms with Crippen LogP contribution in [-0.2, 0) is 9.59 Å². The Hall–Kier alpha value is -1.60. The number of nitrogens with zero attached hydrogens (tertiary/aromatic N) is 1. The number of aliphatic hydroxyl groups excluding tert-OH is 1. The van der Waals surface area contributed by atoms with Crippen LogP contribution < -0.4 is 5.32 Å². The van der Waals surface area contributed by atoms with E-state index in [2.05, 4.69) is 5.32 Å². The van der Waals surface area contributed by atoms with Gasteiger partial charge in [-0.15, -0.1) is 11.8 Å². The molecule has 0 bridgehead atoms. The van der Waals surface area contributed by atoms with E-state index in [4.69, 9.17) is 5.11 Å². The summed E-state index contributed by atoms with van der Waals surface area (Å²) < 4.78 is 12.9. The maximum Gasteiger partial charge on any atom is 0.246 e. The quantitative estimate of drug-likeness (QED) is 0.705. The highest BCUT2D eigenvalue weighted by Gasteiger charge is 2.24. The van der Waals surface area contributed by atoms with Gasteiger partial charge in [0.2, 0.25) is 11.8 Å². The zero-order valence-electron chi connectivity index (χ0n) is 12.7. The molecule has 1 unspecified atom stereocenters. The number of nitrogens with one attached hydrogen (secondary N) is 1. The van der Waals surface area contributed by atoms with Crippen LogP contribution in [0.2, 0.25) is 0 Å². The van der Waals surface area contributed by atoms with Gasteiger partial charge in [0.1, 0.15) is 11.9 Å². The minimum absolute atomic E-state index is 0.128. The smallest absolute Gasteiger partial charge is 0.246 e. The molecule has 22 heavy (non-hydrogen) atoms. The molecule has 0 aliphatic heterocycles. The molecule has 0 aliphatic rings. The highest BCUT2D eigenvalue weighted by atomic mass is 32.2. The van der Waals surface area contributed by atoms with Crippen molar-refractivity contribution in [1.82, 2.24) is 10.2 Å². The van der Waals surface area contributed by atoms with Crippen molar-refractivity contribution in [1.29, 1.82) is 0 Å². The molecule has 0 aliphatic carbocycles. The second-order valence-electron chi connectivity index (χ2n) is 4.66. The largest absolute Gasteiger partial charge is 0.395 e. The van der Waals surface area contributed by atoms with Gasteiger partial charge in [-0.2, -0.15) is 0 Å². The zero-order chi connectivity index (χ0) is 16.5. The number of hydrogen-bond donors (Lipinski definition) is 2. The van der Waals surface area contributed by atoms with Gasteiger partial charge in [-0.25, -0.2) is 4.39 Å². The first kappa shape index (κ1) is 18.4. The molecular weight excluding hydrogens is 307 g/mol. The second-order valence-corrected chi connectivity index (χ2v) is 5.75. The Balaban J connectivity index is 2.72. The Morgan fingerprint density at radius 1 is 1.36 bits per heavy atom. The number of rotatable bonds is 8. The predicted octanol–water partition coefficient (Wildman–Crippen LogP) is 1.26. The monoisotopic (exact) mass is 328 g/mol. The Bertz CT molecular complexity index is 496. The fourth-order valence-electron chi connectivity index (χ4n) is 1.90. The van der Waals surface area contributed by atoms with Crippen LogP contribution in [-0.4, -0.2) is 53.3 Å². The molecule has 1 atom stereocenters. The maximum atomic E-state index is 12.9. The summed E-state index contributed by atoms with van der Waals surface area (Å²) in [4.78, 5) is 26.0. The minimum atomic E-state index is -0.681. The maximum absolute atomic E-state index is 12.9.